The number of hydrogen-bond acceptors (Lipinski definition) is 5. The maximum absolute atomic E-state index is 12.3. The number of allylic oxidation sites excluding steroid dienone is 1. The van der Waals surface area contributed by atoms with Crippen molar-refractivity contribution in [2.24, 2.45) is 17.8 Å². The van der Waals surface area contributed by atoms with Crippen molar-refractivity contribution in [3.05, 3.63) is 23.3 Å². The third-order valence-corrected chi connectivity index (χ3v) is 5.45. The monoisotopic (exact) mass is 350 g/mol. The van der Waals surface area contributed by atoms with Crippen molar-refractivity contribution in [2.45, 2.75) is 72.2 Å². The minimum absolute atomic E-state index is 0.0468. The molecule has 0 saturated carbocycles. The van der Waals surface area contributed by atoms with Gasteiger partial charge in [0.2, 0.25) is 0 Å². The average Bonchev–Trinajstić information content (AvgIpc) is 2.90. The topological polar surface area (TPSA) is 72.8 Å². The van der Waals surface area contributed by atoms with Gasteiger partial charge in [0.25, 0.3) is 0 Å². The lowest BCUT2D eigenvalue weighted by Gasteiger charge is -2.35. The summed E-state index contributed by atoms with van der Waals surface area (Å²) in [5.74, 6) is -0.639. The largest absolute Gasteiger partial charge is 0.459 e. The molecule has 1 heterocycles. The highest BCUT2D eigenvalue weighted by molar-refractivity contribution is 5.90. The Morgan fingerprint density at radius 2 is 2.12 bits per heavy atom. The Morgan fingerprint density at radius 1 is 1.44 bits per heavy atom. The summed E-state index contributed by atoms with van der Waals surface area (Å²) < 4.78 is 11.4. The molecule has 0 aromatic carbocycles. The van der Waals surface area contributed by atoms with Crippen LogP contribution in [0.15, 0.2) is 23.3 Å². The molecule has 1 fully saturated rings. The Labute approximate surface area is 150 Å². The van der Waals surface area contributed by atoms with E-state index < -0.39 is 12.2 Å². The van der Waals surface area contributed by atoms with E-state index in [1.807, 2.05) is 6.92 Å². The van der Waals surface area contributed by atoms with Crippen molar-refractivity contribution >= 4 is 11.9 Å². The maximum atomic E-state index is 12.3. The van der Waals surface area contributed by atoms with Gasteiger partial charge in [0.15, 0.2) is 0 Å². The van der Waals surface area contributed by atoms with Crippen LogP contribution in [0, 0.1) is 17.8 Å². The summed E-state index contributed by atoms with van der Waals surface area (Å²) in [6.45, 7) is 9.58. The van der Waals surface area contributed by atoms with E-state index in [2.05, 4.69) is 13.8 Å². The minimum Gasteiger partial charge on any atom is -0.459 e. The first-order valence-electron chi connectivity index (χ1n) is 9.16. The second kappa shape index (κ2) is 8.17. The van der Waals surface area contributed by atoms with Crippen molar-refractivity contribution in [1.29, 1.82) is 0 Å². The number of ether oxygens (including phenoxy) is 2. The molecule has 5 nitrogen and oxygen atoms in total. The van der Waals surface area contributed by atoms with Crippen LogP contribution in [0.1, 0.15) is 53.9 Å². The lowest BCUT2D eigenvalue weighted by atomic mass is 9.78. The summed E-state index contributed by atoms with van der Waals surface area (Å²) in [4.78, 5) is 24.5. The average molecular weight is 350 g/mol. The van der Waals surface area contributed by atoms with Crippen molar-refractivity contribution in [3.63, 3.8) is 0 Å². The molecule has 5 heteroatoms. The SMILES string of the molecule is CC=C(C)C(=O)OC1CC(C)C(O)CC=C2CC(OC2=O)C1C(C)C. The number of fused-ring (bicyclic) bond motifs is 2. The summed E-state index contributed by atoms with van der Waals surface area (Å²) in [7, 11) is 0. The maximum Gasteiger partial charge on any atom is 0.334 e. The molecule has 2 aliphatic rings. The molecule has 0 aromatic rings. The lowest BCUT2D eigenvalue weighted by Crippen LogP contribution is -2.41. The molecule has 5 unspecified atom stereocenters. The van der Waals surface area contributed by atoms with Crippen LogP contribution in [0.2, 0.25) is 0 Å². The zero-order valence-electron chi connectivity index (χ0n) is 15.8. The number of carbonyl (C=O) groups is 2. The second-order valence-corrected chi connectivity index (χ2v) is 7.63. The van der Waals surface area contributed by atoms with E-state index in [0.29, 0.717) is 30.4 Å². The first-order valence-corrected chi connectivity index (χ1v) is 9.16. The van der Waals surface area contributed by atoms with Crippen LogP contribution in [0.3, 0.4) is 0 Å². The van der Waals surface area contributed by atoms with E-state index >= 15 is 0 Å². The first kappa shape index (κ1) is 19.7. The van der Waals surface area contributed by atoms with Gasteiger partial charge in [-0.3, -0.25) is 0 Å². The van der Waals surface area contributed by atoms with E-state index in [0.717, 1.165) is 0 Å². The third kappa shape index (κ3) is 4.51. The highest BCUT2D eigenvalue weighted by Gasteiger charge is 2.43. The van der Waals surface area contributed by atoms with Gasteiger partial charge < -0.3 is 14.6 Å². The number of hydrogen-bond donors (Lipinski definition) is 1. The Balaban J connectivity index is 2.36. The van der Waals surface area contributed by atoms with Crippen LogP contribution in [-0.4, -0.2) is 35.4 Å². The summed E-state index contributed by atoms with van der Waals surface area (Å²) in [5, 5.41) is 10.4. The van der Waals surface area contributed by atoms with E-state index in [1.165, 1.54) is 0 Å². The highest BCUT2D eigenvalue weighted by Crippen LogP contribution is 2.37. The molecular formula is C20H30O5. The molecule has 1 N–H and O–H groups in total. The first-order chi connectivity index (χ1) is 11.7. The number of esters is 2. The molecule has 0 aromatic heterocycles. The van der Waals surface area contributed by atoms with E-state index in [-0.39, 0.29) is 35.8 Å². The highest BCUT2D eigenvalue weighted by atomic mass is 16.6. The van der Waals surface area contributed by atoms with E-state index in [1.54, 1.807) is 26.0 Å². The molecule has 140 valence electrons. The van der Waals surface area contributed by atoms with Gasteiger partial charge in [-0.1, -0.05) is 32.9 Å². The van der Waals surface area contributed by atoms with Crippen molar-refractivity contribution in [2.75, 3.05) is 0 Å². The number of aliphatic hydroxyl groups is 1. The van der Waals surface area contributed by atoms with Gasteiger partial charge in [-0.05, 0) is 38.5 Å². The van der Waals surface area contributed by atoms with Crippen LogP contribution >= 0.6 is 0 Å². The van der Waals surface area contributed by atoms with Crippen molar-refractivity contribution in [1.82, 2.24) is 0 Å². The quantitative estimate of drug-likeness (QED) is 0.625. The van der Waals surface area contributed by atoms with E-state index in [4.69, 9.17) is 9.47 Å². The molecule has 25 heavy (non-hydrogen) atoms. The summed E-state index contributed by atoms with van der Waals surface area (Å²) >= 11 is 0. The van der Waals surface area contributed by atoms with Gasteiger partial charge in [0.1, 0.15) is 12.2 Å². The molecule has 1 aliphatic heterocycles. The molecule has 0 radical (unpaired) electrons. The predicted molar refractivity (Wildman–Crippen MR) is 94.6 cm³/mol. The summed E-state index contributed by atoms with van der Waals surface area (Å²) in [6.07, 6.45) is 3.74. The Morgan fingerprint density at radius 3 is 2.72 bits per heavy atom. The van der Waals surface area contributed by atoms with Gasteiger partial charge in [0.05, 0.1) is 6.10 Å². The zero-order valence-corrected chi connectivity index (χ0v) is 15.8. The van der Waals surface area contributed by atoms with Gasteiger partial charge >= 0.3 is 11.9 Å². The van der Waals surface area contributed by atoms with Gasteiger partial charge in [-0.2, -0.15) is 0 Å². The molecule has 5 atom stereocenters. The molecule has 0 amide bonds. The Kier molecular flexibility index (Phi) is 6.44. The molecule has 1 aliphatic carbocycles. The van der Waals surface area contributed by atoms with Crippen LogP contribution < -0.4 is 0 Å². The van der Waals surface area contributed by atoms with Crippen molar-refractivity contribution < 1.29 is 24.2 Å². The molecule has 1 saturated heterocycles. The van der Waals surface area contributed by atoms with Gasteiger partial charge in [-0.15, -0.1) is 0 Å². The minimum atomic E-state index is -0.575. The van der Waals surface area contributed by atoms with Crippen LogP contribution in [0.25, 0.3) is 0 Å². The fourth-order valence-corrected chi connectivity index (χ4v) is 3.69. The second-order valence-electron chi connectivity index (χ2n) is 7.63. The summed E-state index contributed by atoms with van der Waals surface area (Å²) in [5.41, 5.74) is 1.18. The van der Waals surface area contributed by atoms with Crippen LogP contribution in [0.5, 0.6) is 0 Å². The molecule has 2 bridgehead atoms. The fourth-order valence-electron chi connectivity index (χ4n) is 3.69. The fraction of sp³-hybridized carbons (Fsp3) is 0.700. The van der Waals surface area contributed by atoms with Crippen LogP contribution in [0.4, 0.5) is 0 Å². The number of carbonyl (C=O) groups excluding carboxylic acids is 2. The van der Waals surface area contributed by atoms with Gasteiger partial charge in [0, 0.05) is 23.5 Å². The predicted octanol–water partition coefficient (Wildman–Crippen LogP) is 3.17. The standard InChI is InChI=1S/C20H30O5/c1-6-12(4)19(22)24-16-9-13(5)15(21)8-7-14-10-17(25-20(14)23)18(16)11(2)3/h6-7,11,13,15-18,21H,8-10H2,1-5H3. The summed E-state index contributed by atoms with van der Waals surface area (Å²) in [6, 6.07) is 0. The van der Waals surface area contributed by atoms with Crippen molar-refractivity contribution in [3.8, 4) is 0 Å². The molecule has 2 rings (SSSR count). The van der Waals surface area contributed by atoms with E-state index in [9.17, 15) is 14.7 Å². The number of aliphatic hydroxyl groups excluding tert-OH is 1. The molecule has 0 spiro atoms. The Hall–Kier alpha value is -1.62. The normalized spacial score (nSPS) is 33.7. The third-order valence-electron chi connectivity index (χ3n) is 5.45. The number of rotatable bonds is 3. The smallest absolute Gasteiger partial charge is 0.334 e. The Bertz CT molecular complexity index is 575. The zero-order chi connectivity index (χ0) is 18.7. The lowest BCUT2D eigenvalue weighted by molar-refractivity contribution is -0.157. The molecular weight excluding hydrogens is 320 g/mol. The van der Waals surface area contributed by atoms with Gasteiger partial charge in [-0.25, -0.2) is 9.59 Å². The van der Waals surface area contributed by atoms with Crippen LogP contribution in [-0.2, 0) is 19.1 Å².